The predicted octanol–water partition coefficient (Wildman–Crippen LogP) is 2.94. The van der Waals surface area contributed by atoms with Gasteiger partial charge in [-0.15, -0.1) is 0 Å². The first-order chi connectivity index (χ1) is 16.5. The number of hydrazone groups is 1. The molecule has 0 aromatic heterocycles. The van der Waals surface area contributed by atoms with Gasteiger partial charge in [-0.2, -0.15) is 5.10 Å². The molecule has 0 aliphatic heterocycles. The molecule has 3 rings (SSSR count). The Morgan fingerprint density at radius 3 is 2.35 bits per heavy atom. The van der Waals surface area contributed by atoms with Crippen LogP contribution in [0.15, 0.2) is 77.9 Å². The lowest BCUT2D eigenvalue weighted by Crippen LogP contribution is -2.32. The number of methoxy groups -OCH3 is 1. The van der Waals surface area contributed by atoms with E-state index in [1.807, 2.05) is 0 Å². The van der Waals surface area contributed by atoms with E-state index in [1.54, 1.807) is 55.6 Å². The van der Waals surface area contributed by atoms with Crippen molar-refractivity contribution in [1.82, 2.24) is 5.43 Å². The van der Waals surface area contributed by atoms with Crippen LogP contribution < -0.4 is 25.5 Å². The second-order valence-corrected chi connectivity index (χ2v) is 6.74. The van der Waals surface area contributed by atoms with E-state index in [4.69, 9.17) is 9.47 Å². The molecule has 0 saturated heterocycles. The topological polar surface area (TPSA) is 118 Å². The lowest BCUT2D eigenvalue weighted by molar-refractivity contribution is -0.136. The van der Waals surface area contributed by atoms with Crippen LogP contribution in [0.3, 0.4) is 0 Å². The summed E-state index contributed by atoms with van der Waals surface area (Å²) >= 11 is 0. The van der Waals surface area contributed by atoms with Crippen LogP contribution in [0.2, 0.25) is 0 Å². The van der Waals surface area contributed by atoms with Crippen molar-refractivity contribution in [2.24, 2.45) is 5.10 Å². The summed E-state index contributed by atoms with van der Waals surface area (Å²) in [6, 6.07) is 18.9. The molecule has 3 aromatic rings. The summed E-state index contributed by atoms with van der Waals surface area (Å²) in [5.74, 6) is -2.22. The minimum Gasteiger partial charge on any atom is -0.497 e. The predicted molar refractivity (Wildman–Crippen MR) is 124 cm³/mol. The molecule has 10 heteroatoms. The number of nitrogens with one attached hydrogen (secondary N) is 3. The number of para-hydroxylation sites is 2. The number of hydrogen-bond donors (Lipinski definition) is 3. The quantitative estimate of drug-likeness (QED) is 0.269. The maximum absolute atomic E-state index is 13.6. The van der Waals surface area contributed by atoms with Crippen molar-refractivity contribution in [3.8, 4) is 11.5 Å². The Labute approximate surface area is 194 Å². The smallest absolute Gasteiger partial charge is 0.329 e. The van der Waals surface area contributed by atoms with Gasteiger partial charge in [0.25, 0.3) is 5.91 Å². The molecule has 0 saturated carbocycles. The van der Waals surface area contributed by atoms with Crippen molar-refractivity contribution in [2.45, 2.75) is 0 Å². The average molecular weight is 464 g/mol. The Balaban J connectivity index is 1.52. The first kappa shape index (κ1) is 23.9. The molecule has 0 fully saturated rings. The van der Waals surface area contributed by atoms with Gasteiger partial charge in [0, 0.05) is 11.3 Å². The summed E-state index contributed by atoms with van der Waals surface area (Å²) in [7, 11) is 1.55. The minimum absolute atomic E-state index is 0.127. The lowest BCUT2D eigenvalue weighted by Gasteiger charge is -2.10. The highest BCUT2D eigenvalue weighted by Crippen LogP contribution is 2.17. The van der Waals surface area contributed by atoms with E-state index in [2.05, 4.69) is 21.2 Å². The lowest BCUT2D eigenvalue weighted by atomic mass is 10.2. The molecule has 3 amide bonds. The van der Waals surface area contributed by atoms with Gasteiger partial charge in [-0.05, 0) is 48.5 Å². The Hall–Kier alpha value is -4.73. The SMILES string of the molecule is COc1ccc(NC(=O)COc2ccccc2/C=N\NC(=O)C(=O)Nc2ccccc2F)cc1. The Bertz CT molecular complexity index is 1200. The fourth-order valence-electron chi connectivity index (χ4n) is 2.69. The second-order valence-electron chi connectivity index (χ2n) is 6.74. The van der Waals surface area contributed by atoms with E-state index >= 15 is 0 Å². The number of carbonyl (C=O) groups excluding carboxylic acids is 3. The van der Waals surface area contributed by atoms with E-state index in [0.717, 1.165) is 6.07 Å². The van der Waals surface area contributed by atoms with Gasteiger partial charge in [0.2, 0.25) is 0 Å². The highest BCUT2D eigenvalue weighted by molar-refractivity contribution is 6.39. The molecule has 0 atom stereocenters. The summed E-state index contributed by atoms with van der Waals surface area (Å²) < 4.78 is 24.2. The van der Waals surface area contributed by atoms with Crippen LogP contribution in [0.1, 0.15) is 5.56 Å². The monoisotopic (exact) mass is 464 g/mol. The molecule has 0 bridgehead atoms. The number of benzene rings is 3. The zero-order chi connectivity index (χ0) is 24.3. The molecular formula is C24H21FN4O5. The summed E-state index contributed by atoms with van der Waals surface area (Å²) in [4.78, 5) is 36.0. The Morgan fingerprint density at radius 2 is 1.62 bits per heavy atom. The van der Waals surface area contributed by atoms with E-state index in [1.165, 1.54) is 24.4 Å². The largest absolute Gasteiger partial charge is 0.497 e. The van der Waals surface area contributed by atoms with Crippen LogP contribution in [-0.4, -0.2) is 37.7 Å². The average Bonchev–Trinajstić information content (AvgIpc) is 2.85. The molecule has 3 N–H and O–H groups in total. The molecule has 9 nitrogen and oxygen atoms in total. The molecule has 0 unspecified atom stereocenters. The molecule has 3 aromatic carbocycles. The van der Waals surface area contributed by atoms with Crippen LogP contribution in [-0.2, 0) is 14.4 Å². The number of anilines is 2. The van der Waals surface area contributed by atoms with Crippen LogP contribution in [0.25, 0.3) is 0 Å². The van der Waals surface area contributed by atoms with Gasteiger partial charge < -0.3 is 20.1 Å². The number of hydrogen-bond acceptors (Lipinski definition) is 6. The molecule has 34 heavy (non-hydrogen) atoms. The van der Waals surface area contributed by atoms with Gasteiger partial charge in [-0.25, -0.2) is 9.82 Å². The van der Waals surface area contributed by atoms with E-state index in [0.29, 0.717) is 22.7 Å². The normalized spacial score (nSPS) is 10.4. The number of rotatable bonds is 8. The maximum Gasteiger partial charge on any atom is 0.329 e. The minimum atomic E-state index is -1.09. The first-order valence-corrected chi connectivity index (χ1v) is 10.0. The van der Waals surface area contributed by atoms with E-state index < -0.39 is 17.6 Å². The molecule has 0 aliphatic carbocycles. The molecule has 0 radical (unpaired) electrons. The van der Waals surface area contributed by atoms with Crippen LogP contribution in [0.4, 0.5) is 15.8 Å². The highest BCUT2D eigenvalue weighted by atomic mass is 19.1. The van der Waals surface area contributed by atoms with Crippen molar-refractivity contribution in [1.29, 1.82) is 0 Å². The van der Waals surface area contributed by atoms with Gasteiger partial charge in [-0.1, -0.05) is 24.3 Å². The summed E-state index contributed by atoms with van der Waals surface area (Å²) in [6.07, 6.45) is 1.25. The maximum atomic E-state index is 13.6. The summed E-state index contributed by atoms with van der Waals surface area (Å²) in [6.45, 7) is -0.270. The van der Waals surface area contributed by atoms with Crippen LogP contribution in [0, 0.1) is 5.82 Å². The van der Waals surface area contributed by atoms with Crippen molar-refractivity contribution in [3.63, 3.8) is 0 Å². The van der Waals surface area contributed by atoms with Gasteiger partial charge in [-0.3, -0.25) is 14.4 Å². The fraction of sp³-hybridized carbons (Fsp3) is 0.0833. The highest BCUT2D eigenvalue weighted by Gasteiger charge is 2.14. The van der Waals surface area contributed by atoms with Gasteiger partial charge in [0.05, 0.1) is 19.0 Å². The third-order valence-corrected chi connectivity index (χ3v) is 4.35. The molecule has 0 heterocycles. The van der Waals surface area contributed by atoms with Crippen LogP contribution >= 0.6 is 0 Å². The van der Waals surface area contributed by atoms with Crippen molar-refractivity contribution in [3.05, 3.63) is 84.2 Å². The van der Waals surface area contributed by atoms with Crippen molar-refractivity contribution in [2.75, 3.05) is 24.4 Å². The second kappa shape index (κ2) is 11.8. The Morgan fingerprint density at radius 1 is 0.912 bits per heavy atom. The summed E-state index contributed by atoms with van der Waals surface area (Å²) in [5, 5.41) is 8.58. The molecule has 174 valence electrons. The summed E-state index contributed by atoms with van der Waals surface area (Å²) in [5.41, 5.74) is 2.97. The fourth-order valence-corrected chi connectivity index (χ4v) is 2.69. The molecule has 0 spiro atoms. The van der Waals surface area contributed by atoms with E-state index in [9.17, 15) is 18.8 Å². The van der Waals surface area contributed by atoms with E-state index in [-0.39, 0.29) is 18.2 Å². The third-order valence-electron chi connectivity index (χ3n) is 4.35. The van der Waals surface area contributed by atoms with Gasteiger partial charge in [0.1, 0.15) is 17.3 Å². The number of halogens is 1. The van der Waals surface area contributed by atoms with Gasteiger partial charge >= 0.3 is 11.8 Å². The third kappa shape index (κ3) is 6.89. The Kier molecular flexibility index (Phi) is 8.28. The number of ether oxygens (including phenoxy) is 2. The molecular weight excluding hydrogens is 443 g/mol. The number of carbonyl (C=O) groups is 3. The zero-order valence-corrected chi connectivity index (χ0v) is 18.1. The number of nitrogens with zero attached hydrogens (tertiary/aromatic N) is 1. The number of amides is 3. The van der Waals surface area contributed by atoms with Crippen LogP contribution in [0.5, 0.6) is 11.5 Å². The standard InChI is InChI=1S/C24H21FN4O5/c1-33-18-12-10-17(11-13-18)27-22(30)15-34-21-9-5-2-6-16(21)14-26-29-24(32)23(31)28-20-8-4-3-7-19(20)25/h2-14H,15H2,1H3,(H,27,30)(H,28,31)(H,29,32)/b26-14-. The van der Waals surface area contributed by atoms with Crippen molar-refractivity contribution >= 4 is 35.3 Å². The first-order valence-electron chi connectivity index (χ1n) is 10.0. The molecule has 0 aliphatic rings. The van der Waals surface area contributed by atoms with Crippen molar-refractivity contribution < 1.29 is 28.2 Å². The van der Waals surface area contributed by atoms with Gasteiger partial charge in [0.15, 0.2) is 6.61 Å². The zero-order valence-electron chi connectivity index (χ0n) is 18.1.